The van der Waals surface area contributed by atoms with Crippen LogP contribution < -0.4 is 122 Å². The van der Waals surface area contributed by atoms with E-state index in [0.717, 1.165) is 0 Å². The molecule has 0 atom stereocenters. The van der Waals surface area contributed by atoms with Crippen LogP contribution in [-0.4, -0.2) is 35.9 Å². The zero-order valence-electron chi connectivity index (χ0n) is 21.1. The van der Waals surface area contributed by atoms with Crippen LogP contribution in [0.5, 0.6) is 23.3 Å². The first-order valence-electron chi connectivity index (χ1n) is 9.94. The number of rotatable bonds is 6. The summed E-state index contributed by atoms with van der Waals surface area (Å²) in [4.78, 5) is 43.4. The van der Waals surface area contributed by atoms with Crippen molar-refractivity contribution < 1.29 is 137 Å². The van der Waals surface area contributed by atoms with Crippen LogP contribution in [0, 0.1) is 20.2 Å². The van der Waals surface area contributed by atoms with Crippen LogP contribution >= 0.6 is 46.4 Å². The van der Waals surface area contributed by atoms with Gasteiger partial charge in [0.05, 0.1) is 34.4 Å². The SMILES string of the molecule is O=C([O-])[O-].O=[N+]([O-])c1cccc(Oc2nc(Cl)ncc2Cl)c1.O=[N+]([O-])c1cccc(Oc2nc(Cl)ncc2Cl)c1.[K+].[K+]. The fourth-order valence-corrected chi connectivity index (χ4v) is 2.86. The molecule has 0 saturated heterocycles. The number of nitrogens with zero attached hydrogens (tertiary/aromatic N) is 6. The van der Waals surface area contributed by atoms with Gasteiger partial charge in [-0.25, -0.2) is 9.97 Å². The van der Waals surface area contributed by atoms with Crippen molar-refractivity contribution in [3.63, 3.8) is 0 Å². The molecule has 0 fully saturated rings. The van der Waals surface area contributed by atoms with Gasteiger partial charge in [-0.1, -0.05) is 35.3 Å². The number of hydrogen-bond acceptors (Lipinski definition) is 13. The summed E-state index contributed by atoms with van der Waals surface area (Å²) in [6.07, 6.45) is 0.229. The Balaban J connectivity index is 0.000000682. The monoisotopic (exact) mass is 708 g/mol. The van der Waals surface area contributed by atoms with Crippen LogP contribution in [-0.2, 0) is 0 Å². The van der Waals surface area contributed by atoms with Crippen molar-refractivity contribution >= 4 is 63.9 Å². The number of carbonyl (C=O) groups excluding carboxylic acids is 1. The zero-order valence-corrected chi connectivity index (χ0v) is 30.4. The van der Waals surface area contributed by atoms with E-state index in [0.29, 0.717) is 0 Å². The molecule has 0 spiro atoms. The van der Waals surface area contributed by atoms with Gasteiger partial charge in [-0.05, 0) is 41.5 Å². The van der Waals surface area contributed by atoms with Crippen molar-refractivity contribution in [2.45, 2.75) is 0 Å². The fourth-order valence-electron chi connectivity index (χ4n) is 2.35. The Morgan fingerprint density at radius 2 is 1.02 bits per heavy atom. The summed E-state index contributed by atoms with van der Waals surface area (Å²) in [6, 6.07) is 11.3. The molecule has 2 aromatic heterocycles. The van der Waals surface area contributed by atoms with Gasteiger partial charge in [0.2, 0.25) is 22.3 Å². The molecule has 0 radical (unpaired) electrons. The first kappa shape index (κ1) is 40.7. The summed E-state index contributed by atoms with van der Waals surface area (Å²) in [5, 5.41) is 38.1. The normalized spacial score (nSPS) is 9.24. The minimum atomic E-state index is -2.33. The van der Waals surface area contributed by atoms with E-state index < -0.39 is 16.0 Å². The van der Waals surface area contributed by atoms with Gasteiger partial charge in [-0.3, -0.25) is 20.2 Å². The fraction of sp³-hybridized carbons (Fsp3) is 0. The molecule has 0 aliphatic rings. The number of benzene rings is 2. The maximum absolute atomic E-state index is 10.6. The van der Waals surface area contributed by atoms with Crippen LogP contribution in [0.2, 0.25) is 20.6 Å². The van der Waals surface area contributed by atoms with Crippen molar-refractivity contribution in [3.05, 3.63) is 102 Å². The van der Waals surface area contributed by atoms with Gasteiger partial charge in [0.15, 0.2) is 0 Å². The number of carboxylic acid groups (broad SMARTS) is 2. The Hall–Kier alpha value is -1.30. The Bertz CT molecular complexity index is 1430. The molecule has 2 aromatic carbocycles. The van der Waals surface area contributed by atoms with Crippen LogP contribution in [0.1, 0.15) is 0 Å². The molecule has 0 aliphatic carbocycles. The third-order valence-corrected chi connectivity index (χ3v) is 4.73. The molecule has 42 heavy (non-hydrogen) atoms. The van der Waals surface area contributed by atoms with Crippen molar-refractivity contribution in [3.8, 4) is 23.3 Å². The summed E-state index contributed by atoms with van der Waals surface area (Å²) >= 11 is 22.8. The van der Waals surface area contributed by atoms with Crippen molar-refractivity contribution in [2.24, 2.45) is 0 Å². The molecular weight excluding hydrogens is 700 g/mol. The van der Waals surface area contributed by atoms with E-state index in [9.17, 15) is 20.2 Å². The molecule has 208 valence electrons. The molecule has 2 heterocycles. The molecule has 4 aromatic rings. The van der Waals surface area contributed by atoms with E-state index in [1.54, 1.807) is 12.1 Å². The third kappa shape index (κ3) is 14.9. The smallest absolute Gasteiger partial charge is 0.652 e. The topological polar surface area (TPSA) is 219 Å². The number of nitro benzene ring substituents is 2. The number of carbonyl (C=O) groups is 1. The number of aromatic nitrogens is 4. The van der Waals surface area contributed by atoms with Crippen LogP contribution in [0.3, 0.4) is 0 Å². The number of hydrogen-bond donors (Lipinski definition) is 0. The minimum Gasteiger partial charge on any atom is -0.652 e. The van der Waals surface area contributed by atoms with E-state index in [1.807, 2.05) is 0 Å². The van der Waals surface area contributed by atoms with Crippen molar-refractivity contribution in [1.82, 2.24) is 19.9 Å². The van der Waals surface area contributed by atoms with E-state index in [-0.39, 0.29) is 158 Å². The van der Waals surface area contributed by atoms with Crippen LogP contribution in [0.15, 0.2) is 60.9 Å². The molecule has 0 unspecified atom stereocenters. The standard InChI is InChI=1S/2C10H5Cl2N3O3.CH2O3.2K/c2*11-8-5-13-10(12)14-9(8)18-7-3-1-2-6(4-7)15(16)17;2-1(3)4;;/h2*1-5H;(H2,2,3,4);;/q;;;2*+1/p-2. The summed E-state index contributed by atoms with van der Waals surface area (Å²) in [6.45, 7) is 0. The number of halogens is 4. The minimum absolute atomic E-state index is 0. The molecular formula is C21H10Cl4K2N6O9. The van der Waals surface area contributed by atoms with Crippen molar-refractivity contribution in [1.29, 1.82) is 0 Å². The Morgan fingerprint density at radius 3 is 1.33 bits per heavy atom. The maximum Gasteiger partial charge on any atom is 1.00 e. The number of nitro groups is 2. The molecule has 0 saturated carbocycles. The quantitative estimate of drug-likeness (QED) is 0.0967. The maximum atomic E-state index is 10.6. The Labute approximate surface area is 340 Å². The van der Waals surface area contributed by atoms with E-state index in [2.05, 4.69) is 19.9 Å². The predicted octanol–water partition coefficient (Wildman–Crippen LogP) is -1.47. The zero-order chi connectivity index (χ0) is 29.8. The summed E-state index contributed by atoms with van der Waals surface area (Å²) < 4.78 is 10.6. The van der Waals surface area contributed by atoms with Gasteiger partial charge in [-0.2, -0.15) is 9.97 Å². The van der Waals surface area contributed by atoms with E-state index in [1.165, 1.54) is 48.8 Å². The third-order valence-electron chi connectivity index (χ3n) is 3.85. The Morgan fingerprint density at radius 1 is 0.690 bits per heavy atom. The van der Waals surface area contributed by atoms with Gasteiger partial charge in [0.25, 0.3) is 11.4 Å². The van der Waals surface area contributed by atoms with E-state index in [4.69, 9.17) is 70.9 Å². The van der Waals surface area contributed by atoms with Gasteiger partial charge in [0, 0.05) is 12.1 Å². The second-order valence-electron chi connectivity index (χ2n) is 6.55. The Kier molecular flexibility index (Phi) is 20.0. The first-order chi connectivity index (χ1) is 18.8. The molecule has 4 rings (SSSR count). The first-order valence-corrected chi connectivity index (χ1v) is 11.5. The van der Waals surface area contributed by atoms with Crippen LogP contribution in [0.25, 0.3) is 0 Å². The van der Waals surface area contributed by atoms with Gasteiger partial charge in [-0.15, -0.1) is 0 Å². The molecule has 15 nitrogen and oxygen atoms in total. The van der Waals surface area contributed by atoms with E-state index >= 15 is 0 Å². The summed E-state index contributed by atoms with van der Waals surface area (Å²) in [7, 11) is 0. The molecule has 21 heteroatoms. The average Bonchev–Trinajstić information content (AvgIpc) is 2.89. The van der Waals surface area contributed by atoms with Gasteiger partial charge in [0.1, 0.15) is 21.5 Å². The van der Waals surface area contributed by atoms with Gasteiger partial charge >= 0.3 is 103 Å². The van der Waals surface area contributed by atoms with Crippen LogP contribution in [0.4, 0.5) is 16.2 Å². The summed E-state index contributed by atoms with van der Waals surface area (Å²) in [5.41, 5.74) is -0.187. The molecule has 0 amide bonds. The number of ether oxygens (including phenoxy) is 2. The summed E-state index contributed by atoms with van der Waals surface area (Å²) in [5.74, 6) is 0.552. The van der Waals surface area contributed by atoms with Crippen molar-refractivity contribution in [2.75, 3.05) is 0 Å². The largest absolute Gasteiger partial charge is 1.00 e. The predicted molar refractivity (Wildman–Crippen MR) is 136 cm³/mol. The second kappa shape index (κ2) is 20.6. The second-order valence-corrected chi connectivity index (χ2v) is 8.04. The molecule has 0 N–H and O–H groups in total. The van der Waals surface area contributed by atoms with Gasteiger partial charge < -0.3 is 24.5 Å². The number of non-ortho nitro benzene ring substituents is 2. The molecule has 0 aliphatic heterocycles. The molecule has 0 bridgehead atoms. The average molecular weight is 710 g/mol.